The van der Waals surface area contributed by atoms with Gasteiger partial charge < -0.3 is 9.84 Å². The van der Waals surface area contributed by atoms with Gasteiger partial charge in [0, 0.05) is 17.7 Å². The van der Waals surface area contributed by atoms with E-state index in [1.165, 1.54) is 0 Å². The molecule has 0 spiro atoms. The third-order valence-electron chi connectivity index (χ3n) is 2.85. The molecule has 1 N–H and O–H groups in total. The molecule has 0 fully saturated rings. The van der Waals surface area contributed by atoms with Crippen molar-refractivity contribution in [2.75, 3.05) is 7.11 Å². The van der Waals surface area contributed by atoms with Gasteiger partial charge in [0.15, 0.2) is 5.72 Å². The summed E-state index contributed by atoms with van der Waals surface area (Å²) in [5.74, 6) is 0.360. The first-order valence-electron chi connectivity index (χ1n) is 5.69. The van der Waals surface area contributed by atoms with E-state index in [0.717, 1.165) is 10.7 Å². The molecule has 18 heavy (non-hydrogen) atoms. The highest BCUT2D eigenvalue weighted by molar-refractivity contribution is 5.97. The first kappa shape index (κ1) is 12.6. The van der Waals surface area contributed by atoms with Crippen LogP contribution in [0.5, 0.6) is 5.75 Å². The summed E-state index contributed by atoms with van der Waals surface area (Å²) in [7, 11) is 1.57. The molecule has 2 rings (SSSR count). The number of carbonyl (C=O) groups is 1. The van der Waals surface area contributed by atoms with Crippen molar-refractivity contribution < 1.29 is 14.6 Å². The Bertz CT molecular complexity index is 491. The van der Waals surface area contributed by atoms with Gasteiger partial charge in [0.1, 0.15) is 5.75 Å². The summed E-state index contributed by atoms with van der Waals surface area (Å²) in [4.78, 5) is 12.2. The van der Waals surface area contributed by atoms with Crippen LogP contribution in [0.25, 0.3) is 0 Å². The molecule has 5 heteroatoms. The van der Waals surface area contributed by atoms with Crippen molar-refractivity contribution in [3.8, 4) is 5.75 Å². The fraction of sp³-hybridized carbons (Fsp3) is 0.385. The maximum Gasteiger partial charge on any atom is 0.276 e. The van der Waals surface area contributed by atoms with Crippen molar-refractivity contribution in [3.63, 3.8) is 0 Å². The predicted octanol–water partition coefficient (Wildman–Crippen LogP) is 1.63. The number of rotatable bonds is 2. The fourth-order valence-corrected chi connectivity index (χ4v) is 1.99. The number of aliphatic hydroxyl groups is 1. The van der Waals surface area contributed by atoms with Gasteiger partial charge in [0.05, 0.1) is 7.11 Å². The van der Waals surface area contributed by atoms with Gasteiger partial charge >= 0.3 is 0 Å². The lowest BCUT2D eigenvalue weighted by Crippen LogP contribution is -2.43. The topological polar surface area (TPSA) is 62.1 Å². The summed E-state index contributed by atoms with van der Waals surface area (Å²) >= 11 is 0. The van der Waals surface area contributed by atoms with Gasteiger partial charge in [-0.15, -0.1) is 0 Å². The quantitative estimate of drug-likeness (QED) is 0.865. The molecule has 1 aromatic carbocycles. The van der Waals surface area contributed by atoms with Gasteiger partial charge in [0.25, 0.3) is 5.91 Å². The highest BCUT2D eigenvalue weighted by Gasteiger charge is 2.39. The largest absolute Gasteiger partial charge is 0.497 e. The zero-order valence-corrected chi connectivity index (χ0v) is 10.7. The van der Waals surface area contributed by atoms with Crippen LogP contribution in [0.4, 0.5) is 0 Å². The molecule has 1 atom stereocenters. The van der Waals surface area contributed by atoms with Crippen LogP contribution < -0.4 is 4.74 Å². The Balaban J connectivity index is 2.25. The summed E-state index contributed by atoms with van der Waals surface area (Å²) < 4.78 is 5.03. The average Bonchev–Trinajstić information content (AvgIpc) is 2.61. The van der Waals surface area contributed by atoms with E-state index in [4.69, 9.17) is 4.74 Å². The van der Waals surface area contributed by atoms with E-state index in [1.54, 1.807) is 45.2 Å². The smallest absolute Gasteiger partial charge is 0.276 e. The second kappa shape index (κ2) is 4.42. The third kappa shape index (κ3) is 2.22. The summed E-state index contributed by atoms with van der Waals surface area (Å²) in [6.07, 6.45) is 0.370. The zero-order chi connectivity index (χ0) is 13.3. The Morgan fingerprint density at radius 1 is 1.44 bits per heavy atom. The van der Waals surface area contributed by atoms with E-state index in [1.807, 2.05) is 0 Å². The van der Waals surface area contributed by atoms with Crippen molar-refractivity contribution >= 4 is 11.6 Å². The van der Waals surface area contributed by atoms with E-state index in [0.29, 0.717) is 17.7 Å². The van der Waals surface area contributed by atoms with E-state index < -0.39 is 5.72 Å². The molecule has 0 saturated carbocycles. The van der Waals surface area contributed by atoms with Gasteiger partial charge in [-0.1, -0.05) is 0 Å². The normalized spacial score (nSPS) is 22.9. The lowest BCUT2D eigenvalue weighted by molar-refractivity contribution is -0.0553. The monoisotopic (exact) mass is 248 g/mol. The molecule has 1 unspecified atom stereocenters. The first-order chi connectivity index (χ1) is 8.44. The molecule has 96 valence electrons. The van der Waals surface area contributed by atoms with E-state index >= 15 is 0 Å². The maximum atomic E-state index is 12.2. The van der Waals surface area contributed by atoms with Crippen LogP contribution >= 0.6 is 0 Å². The summed E-state index contributed by atoms with van der Waals surface area (Å²) in [6.45, 7) is 3.37. The highest BCUT2D eigenvalue weighted by atomic mass is 16.5. The number of nitrogens with zero attached hydrogens (tertiary/aromatic N) is 2. The molecular formula is C13H16N2O3. The Morgan fingerprint density at radius 3 is 2.50 bits per heavy atom. The molecule has 0 bridgehead atoms. The zero-order valence-electron chi connectivity index (χ0n) is 10.7. The number of amides is 1. The first-order valence-corrected chi connectivity index (χ1v) is 5.69. The molecule has 5 nitrogen and oxygen atoms in total. The molecule has 0 aromatic heterocycles. The van der Waals surface area contributed by atoms with Gasteiger partial charge in [-0.3, -0.25) is 4.79 Å². The number of hydrogen-bond acceptors (Lipinski definition) is 4. The van der Waals surface area contributed by atoms with Gasteiger partial charge in [0.2, 0.25) is 0 Å². The summed E-state index contributed by atoms with van der Waals surface area (Å²) in [5.41, 5.74) is -0.0439. The van der Waals surface area contributed by atoms with Crippen molar-refractivity contribution in [2.45, 2.75) is 26.0 Å². The molecule has 0 radical (unpaired) electrons. The number of benzene rings is 1. The Hall–Kier alpha value is -1.88. The molecule has 0 saturated heterocycles. The third-order valence-corrected chi connectivity index (χ3v) is 2.85. The number of carbonyl (C=O) groups excluding carboxylic acids is 1. The molecule has 1 amide bonds. The molecule has 1 heterocycles. The second-order valence-corrected chi connectivity index (χ2v) is 4.57. The maximum absolute atomic E-state index is 12.2. The summed E-state index contributed by atoms with van der Waals surface area (Å²) in [6, 6.07) is 6.71. The number of methoxy groups -OCH3 is 1. The van der Waals surface area contributed by atoms with E-state index in [-0.39, 0.29) is 5.91 Å². The minimum Gasteiger partial charge on any atom is -0.497 e. The standard InChI is InChI=1S/C13H16N2O3/c1-9-8-13(2,17)15(14-9)12(16)10-4-6-11(18-3)7-5-10/h4-7,17H,8H2,1-3H3. The molecule has 1 aromatic rings. The molecule has 1 aliphatic rings. The molecule has 0 aliphatic carbocycles. The van der Waals surface area contributed by atoms with Gasteiger partial charge in [-0.25, -0.2) is 0 Å². The minimum absolute atomic E-state index is 0.320. The van der Waals surface area contributed by atoms with Crippen molar-refractivity contribution in [1.29, 1.82) is 0 Å². The number of hydrazone groups is 1. The SMILES string of the molecule is COc1ccc(C(=O)N2N=C(C)CC2(C)O)cc1. The van der Waals surface area contributed by atoms with Crippen molar-refractivity contribution in [1.82, 2.24) is 5.01 Å². The van der Waals surface area contributed by atoms with Crippen LogP contribution in [0.2, 0.25) is 0 Å². The van der Waals surface area contributed by atoms with Crippen LogP contribution in [0.3, 0.4) is 0 Å². The van der Waals surface area contributed by atoms with Gasteiger partial charge in [-0.2, -0.15) is 10.1 Å². The Kier molecular flexibility index (Phi) is 3.09. The fourth-order valence-electron chi connectivity index (χ4n) is 1.99. The minimum atomic E-state index is -1.25. The highest BCUT2D eigenvalue weighted by Crippen LogP contribution is 2.26. The van der Waals surface area contributed by atoms with Crippen molar-refractivity contribution in [3.05, 3.63) is 29.8 Å². The average molecular weight is 248 g/mol. The van der Waals surface area contributed by atoms with Crippen LogP contribution in [-0.2, 0) is 0 Å². The van der Waals surface area contributed by atoms with Crippen LogP contribution in [-0.4, -0.2) is 34.6 Å². The summed E-state index contributed by atoms with van der Waals surface area (Å²) in [5, 5.41) is 15.3. The second-order valence-electron chi connectivity index (χ2n) is 4.57. The van der Waals surface area contributed by atoms with Crippen molar-refractivity contribution in [2.24, 2.45) is 5.10 Å². The molecule has 1 aliphatic heterocycles. The van der Waals surface area contributed by atoms with Crippen LogP contribution in [0.15, 0.2) is 29.4 Å². The van der Waals surface area contributed by atoms with Crippen LogP contribution in [0, 0.1) is 0 Å². The predicted molar refractivity (Wildman–Crippen MR) is 67.5 cm³/mol. The van der Waals surface area contributed by atoms with E-state index in [9.17, 15) is 9.90 Å². The Morgan fingerprint density at radius 2 is 2.06 bits per heavy atom. The number of hydrogen-bond donors (Lipinski definition) is 1. The Labute approximate surface area is 106 Å². The lowest BCUT2D eigenvalue weighted by atomic mass is 10.1. The van der Waals surface area contributed by atoms with Gasteiger partial charge in [-0.05, 0) is 38.1 Å². The number of ether oxygens (including phenoxy) is 1. The lowest BCUT2D eigenvalue weighted by Gasteiger charge is -2.26. The van der Waals surface area contributed by atoms with E-state index in [2.05, 4.69) is 5.10 Å². The van der Waals surface area contributed by atoms with Crippen LogP contribution in [0.1, 0.15) is 30.6 Å². The molecular weight excluding hydrogens is 232 g/mol.